The second-order valence-corrected chi connectivity index (χ2v) is 4.49. The molecule has 0 fully saturated rings. The molecule has 1 unspecified atom stereocenters. The Balaban J connectivity index is 2.55. The van der Waals surface area contributed by atoms with Crippen LogP contribution in [0.5, 0.6) is 0 Å². The average Bonchev–Trinajstić information content (AvgIpc) is 2.33. The predicted octanol–water partition coefficient (Wildman–Crippen LogP) is 3.96. The van der Waals surface area contributed by atoms with Crippen LogP contribution in [-0.4, -0.2) is 0 Å². The van der Waals surface area contributed by atoms with Crippen molar-refractivity contribution in [2.45, 2.75) is 19.9 Å². The largest absolute Gasteiger partial charge is 0.324 e. The summed E-state index contributed by atoms with van der Waals surface area (Å²) in [6.45, 7) is 3.50. The zero-order valence-electron chi connectivity index (χ0n) is 10.4. The van der Waals surface area contributed by atoms with Gasteiger partial charge >= 0.3 is 0 Å². The highest BCUT2D eigenvalue weighted by Gasteiger charge is 2.09. The third-order valence-electron chi connectivity index (χ3n) is 2.99. The van der Waals surface area contributed by atoms with Crippen LogP contribution in [0, 0.1) is 18.6 Å². The van der Waals surface area contributed by atoms with Crippen molar-refractivity contribution in [2.75, 3.05) is 0 Å². The maximum Gasteiger partial charge on any atom is 0.131 e. The molecule has 0 amide bonds. The van der Waals surface area contributed by atoms with Crippen LogP contribution in [0.15, 0.2) is 36.4 Å². The lowest BCUT2D eigenvalue weighted by molar-refractivity contribution is 0.617. The smallest absolute Gasteiger partial charge is 0.131 e. The van der Waals surface area contributed by atoms with Crippen molar-refractivity contribution in [1.29, 1.82) is 0 Å². The van der Waals surface area contributed by atoms with Crippen molar-refractivity contribution in [3.63, 3.8) is 0 Å². The summed E-state index contributed by atoms with van der Waals surface area (Å²) < 4.78 is 27.0. The van der Waals surface area contributed by atoms with Gasteiger partial charge in [-0.3, -0.25) is 0 Å². The minimum Gasteiger partial charge on any atom is -0.324 e. The fourth-order valence-electron chi connectivity index (χ4n) is 1.86. The highest BCUT2D eigenvalue weighted by atomic mass is 19.1. The van der Waals surface area contributed by atoms with Gasteiger partial charge in [0, 0.05) is 11.6 Å². The van der Waals surface area contributed by atoms with Gasteiger partial charge in [-0.2, -0.15) is 0 Å². The minimum atomic E-state index is -0.328. The maximum absolute atomic E-state index is 13.8. The molecule has 0 aromatic heterocycles. The fourth-order valence-corrected chi connectivity index (χ4v) is 1.86. The van der Waals surface area contributed by atoms with Crippen molar-refractivity contribution in [3.05, 3.63) is 59.2 Å². The van der Waals surface area contributed by atoms with Crippen LogP contribution in [0.2, 0.25) is 0 Å². The highest BCUT2D eigenvalue weighted by molar-refractivity contribution is 5.66. The molecule has 0 aliphatic carbocycles. The number of hydrogen-bond acceptors (Lipinski definition) is 1. The van der Waals surface area contributed by atoms with Gasteiger partial charge in [-0.05, 0) is 54.8 Å². The predicted molar refractivity (Wildman–Crippen MR) is 69.1 cm³/mol. The van der Waals surface area contributed by atoms with E-state index < -0.39 is 0 Å². The Morgan fingerprint density at radius 2 is 1.67 bits per heavy atom. The van der Waals surface area contributed by atoms with Gasteiger partial charge in [0.1, 0.15) is 11.6 Å². The van der Waals surface area contributed by atoms with Crippen LogP contribution in [0.25, 0.3) is 11.1 Å². The van der Waals surface area contributed by atoms with Crippen molar-refractivity contribution < 1.29 is 8.78 Å². The molecular formula is C15H15F2N. The van der Waals surface area contributed by atoms with Crippen LogP contribution in [0.1, 0.15) is 24.1 Å². The minimum absolute atomic E-state index is 0.161. The van der Waals surface area contributed by atoms with Gasteiger partial charge in [0.2, 0.25) is 0 Å². The number of aryl methyl sites for hydroxylation is 1. The molecule has 18 heavy (non-hydrogen) atoms. The van der Waals surface area contributed by atoms with E-state index in [1.54, 1.807) is 31.2 Å². The van der Waals surface area contributed by atoms with Crippen LogP contribution in [-0.2, 0) is 0 Å². The lowest BCUT2D eigenvalue weighted by Crippen LogP contribution is -2.05. The monoisotopic (exact) mass is 247 g/mol. The second kappa shape index (κ2) is 4.86. The van der Waals surface area contributed by atoms with Crippen LogP contribution in [0.3, 0.4) is 0 Å². The van der Waals surface area contributed by atoms with Gasteiger partial charge in [0.05, 0.1) is 0 Å². The maximum atomic E-state index is 13.8. The van der Waals surface area contributed by atoms with Crippen LogP contribution >= 0.6 is 0 Å². The Morgan fingerprint density at radius 3 is 2.28 bits per heavy atom. The summed E-state index contributed by atoms with van der Waals surface area (Å²) >= 11 is 0. The molecule has 0 aliphatic heterocycles. The van der Waals surface area contributed by atoms with Gasteiger partial charge in [-0.1, -0.05) is 12.1 Å². The molecule has 3 heteroatoms. The molecule has 0 bridgehead atoms. The standard InChI is InChI=1S/C15H15F2N/c1-9-7-12(4-5-14(9)16)13-8-11(10(2)18)3-6-15(13)17/h3-8,10H,18H2,1-2H3. The molecule has 1 atom stereocenters. The molecule has 0 aliphatic rings. The van der Waals surface area contributed by atoms with Crippen molar-refractivity contribution in [2.24, 2.45) is 5.73 Å². The highest BCUT2D eigenvalue weighted by Crippen LogP contribution is 2.27. The van der Waals surface area contributed by atoms with Crippen molar-refractivity contribution in [3.8, 4) is 11.1 Å². The van der Waals surface area contributed by atoms with E-state index in [1.165, 1.54) is 12.1 Å². The summed E-state index contributed by atoms with van der Waals surface area (Å²) in [6.07, 6.45) is 0. The van der Waals surface area contributed by atoms with Gasteiger partial charge in [0.15, 0.2) is 0 Å². The number of halogens is 2. The number of rotatable bonds is 2. The first kappa shape index (κ1) is 12.7. The topological polar surface area (TPSA) is 26.0 Å². The summed E-state index contributed by atoms with van der Waals surface area (Å²) in [7, 11) is 0. The molecule has 2 aromatic rings. The molecule has 0 saturated heterocycles. The lowest BCUT2D eigenvalue weighted by Gasteiger charge is -2.10. The number of hydrogen-bond donors (Lipinski definition) is 1. The molecule has 0 spiro atoms. The quantitative estimate of drug-likeness (QED) is 0.854. The molecule has 0 radical (unpaired) electrons. The Morgan fingerprint density at radius 1 is 1.00 bits per heavy atom. The van der Waals surface area contributed by atoms with E-state index in [1.807, 2.05) is 6.92 Å². The Labute approximate surface area is 105 Å². The van der Waals surface area contributed by atoms with Crippen LogP contribution in [0.4, 0.5) is 8.78 Å². The van der Waals surface area contributed by atoms with E-state index in [0.717, 1.165) is 5.56 Å². The summed E-state index contributed by atoms with van der Waals surface area (Å²) in [5.74, 6) is -0.618. The third-order valence-corrected chi connectivity index (χ3v) is 2.99. The number of benzene rings is 2. The lowest BCUT2D eigenvalue weighted by atomic mass is 9.98. The summed E-state index contributed by atoms with van der Waals surface area (Å²) in [4.78, 5) is 0. The Kier molecular flexibility index (Phi) is 3.43. The van der Waals surface area contributed by atoms with E-state index in [2.05, 4.69) is 0 Å². The Hall–Kier alpha value is -1.74. The van der Waals surface area contributed by atoms with Crippen molar-refractivity contribution >= 4 is 0 Å². The van der Waals surface area contributed by atoms with Crippen LogP contribution < -0.4 is 5.73 Å². The van der Waals surface area contributed by atoms with E-state index in [9.17, 15) is 8.78 Å². The molecule has 2 aromatic carbocycles. The van der Waals surface area contributed by atoms with E-state index >= 15 is 0 Å². The molecule has 0 heterocycles. The summed E-state index contributed by atoms with van der Waals surface area (Å²) in [5, 5.41) is 0. The average molecular weight is 247 g/mol. The first-order valence-corrected chi connectivity index (χ1v) is 5.80. The Bertz CT molecular complexity index is 577. The van der Waals surface area contributed by atoms with E-state index in [-0.39, 0.29) is 17.7 Å². The molecule has 94 valence electrons. The molecule has 2 rings (SSSR count). The molecule has 2 N–H and O–H groups in total. The van der Waals surface area contributed by atoms with E-state index in [4.69, 9.17) is 5.73 Å². The van der Waals surface area contributed by atoms with Gasteiger partial charge < -0.3 is 5.73 Å². The molecule has 0 saturated carbocycles. The fraction of sp³-hybridized carbons (Fsp3) is 0.200. The normalized spacial score (nSPS) is 12.5. The van der Waals surface area contributed by atoms with E-state index in [0.29, 0.717) is 16.7 Å². The van der Waals surface area contributed by atoms with Crippen molar-refractivity contribution in [1.82, 2.24) is 0 Å². The summed E-state index contributed by atoms with van der Waals surface area (Å²) in [6, 6.07) is 9.18. The number of nitrogens with two attached hydrogens (primary N) is 1. The SMILES string of the molecule is Cc1cc(-c2cc(C(C)N)ccc2F)ccc1F. The first-order valence-electron chi connectivity index (χ1n) is 5.80. The zero-order chi connectivity index (χ0) is 13.3. The zero-order valence-corrected chi connectivity index (χ0v) is 10.4. The summed E-state index contributed by atoms with van der Waals surface area (Å²) in [5.41, 5.74) is 8.25. The second-order valence-electron chi connectivity index (χ2n) is 4.49. The van der Waals surface area contributed by atoms with Gasteiger partial charge in [-0.15, -0.1) is 0 Å². The first-order chi connectivity index (χ1) is 8.49. The molecule has 1 nitrogen and oxygen atoms in total. The third kappa shape index (κ3) is 2.41. The molecular weight excluding hydrogens is 232 g/mol. The van der Waals surface area contributed by atoms with Gasteiger partial charge in [0.25, 0.3) is 0 Å². The van der Waals surface area contributed by atoms with Gasteiger partial charge in [-0.25, -0.2) is 8.78 Å².